The lowest BCUT2D eigenvalue weighted by Gasteiger charge is -2.25. The Kier molecular flexibility index (Phi) is 12.4. The van der Waals surface area contributed by atoms with Gasteiger partial charge in [0, 0.05) is 13.2 Å². The van der Waals surface area contributed by atoms with E-state index >= 15 is 0 Å². The van der Waals surface area contributed by atoms with Crippen molar-refractivity contribution in [2.45, 2.75) is 85.4 Å². The Morgan fingerprint density at radius 3 is 2.24 bits per heavy atom. The molecule has 3 nitrogen and oxygen atoms in total. The number of hydrogen-bond donors (Lipinski definition) is 0. The molecule has 0 heterocycles. The minimum atomic E-state index is -0.00640. The summed E-state index contributed by atoms with van der Waals surface area (Å²) >= 11 is 0. The zero-order valence-corrected chi connectivity index (χ0v) is 15.2. The van der Waals surface area contributed by atoms with Gasteiger partial charge >= 0.3 is 0 Å². The van der Waals surface area contributed by atoms with Gasteiger partial charge in [-0.05, 0) is 46.0 Å². The molecule has 0 saturated heterocycles. The molecule has 0 aromatic heterocycles. The molecule has 0 fully saturated rings. The third-order valence-electron chi connectivity index (χ3n) is 3.95. The third kappa shape index (κ3) is 13.3. The molecule has 0 spiro atoms. The fraction of sp³-hybridized carbons (Fsp3) is 1.00. The standard InChI is InChI=1S/C18H38O3/c1-7-11-18(5,6)21-13-10-17(4)20-15-14-19-12-9-16(3)8-2/h16-17H,7-15H2,1-6H3. The predicted octanol–water partition coefficient (Wildman–Crippen LogP) is 4.83. The van der Waals surface area contributed by atoms with Gasteiger partial charge in [0.05, 0.1) is 24.9 Å². The third-order valence-corrected chi connectivity index (χ3v) is 3.95. The topological polar surface area (TPSA) is 27.7 Å². The molecule has 0 aromatic rings. The van der Waals surface area contributed by atoms with Crippen molar-refractivity contribution in [2.75, 3.05) is 26.4 Å². The van der Waals surface area contributed by atoms with Gasteiger partial charge in [-0.25, -0.2) is 0 Å². The molecule has 0 radical (unpaired) electrons. The van der Waals surface area contributed by atoms with Gasteiger partial charge in [0.15, 0.2) is 0 Å². The summed E-state index contributed by atoms with van der Waals surface area (Å²) in [7, 11) is 0. The van der Waals surface area contributed by atoms with Gasteiger partial charge in [0.25, 0.3) is 0 Å². The van der Waals surface area contributed by atoms with E-state index in [1.807, 2.05) is 0 Å². The molecule has 0 amide bonds. The molecule has 0 aromatic carbocycles. The Morgan fingerprint density at radius 2 is 1.62 bits per heavy atom. The molecule has 0 saturated carbocycles. The predicted molar refractivity (Wildman–Crippen MR) is 89.9 cm³/mol. The van der Waals surface area contributed by atoms with Gasteiger partial charge in [0.1, 0.15) is 0 Å². The Hall–Kier alpha value is -0.120. The van der Waals surface area contributed by atoms with Crippen molar-refractivity contribution in [3.63, 3.8) is 0 Å². The van der Waals surface area contributed by atoms with Gasteiger partial charge in [-0.15, -0.1) is 0 Å². The summed E-state index contributed by atoms with van der Waals surface area (Å²) in [5.41, 5.74) is -0.00640. The van der Waals surface area contributed by atoms with Crippen molar-refractivity contribution in [2.24, 2.45) is 5.92 Å². The van der Waals surface area contributed by atoms with Crippen LogP contribution in [0.5, 0.6) is 0 Å². The lowest BCUT2D eigenvalue weighted by Crippen LogP contribution is -2.26. The zero-order valence-electron chi connectivity index (χ0n) is 15.2. The highest BCUT2D eigenvalue weighted by Crippen LogP contribution is 2.17. The molecule has 0 rings (SSSR count). The number of ether oxygens (including phenoxy) is 3. The molecule has 0 aliphatic heterocycles. The first-order valence-electron chi connectivity index (χ1n) is 8.74. The maximum Gasteiger partial charge on any atom is 0.0704 e. The molecule has 21 heavy (non-hydrogen) atoms. The lowest BCUT2D eigenvalue weighted by atomic mass is 10.0. The van der Waals surface area contributed by atoms with Gasteiger partial charge in [-0.2, -0.15) is 0 Å². The van der Waals surface area contributed by atoms with Crippen LogP contribution >= 0.6 is 0 Å². The van der Waals surface area contributed by atoms with Gasteiger partial charge in [0.2, 0.25) is 0 Å². The molecule has 0 bridgehead atoms. The van der Waals surface area contributed by atoms with Crippen molar-refractivity contribution in [1.29, 1.82) is 0 Å². The first-order chi connectivity index (χ1) is 9.91. The lowest BCUT2D eigenvalue weighted by molar-refractivity contribution is -0.0500. The molecule has 128 valence electrons. The van der Waals surface area contributed by atoms with Gasteiger partial charge in [-0.1, -0.05) is 33.6 Å². The molecule has 2 unspecified atom stereocenters. The van der Waals surface area contributed by atoms with Crippen LogP contribution in [0.1, 0.15) is 73.6 Å². The summed E-state index contributed by atoms with van der Waals surface area (Å²) in [6, 6.07) is 0. The second kappa shape index (κ2) is 12.4. The van der Waals surface area contributed by atoms with Crippen LogP contribution < -0.4 is 0 Å². The first-order valence-corrected chi connectivity index (χ1v) is 8.74. The molecule has 0 N–H and O–H groups in total. The average molecular weight is 302 g/mol. The Morgan fingerprint density at radius 1 is 0.905 bits per heavy atom. The van der Waals surface area contributed by atoms with E-state index in [-0.39, 0.29) is 11.7 Å². The van der Waals surface area contributed by atoms with E-state index in [0.717, 1.165) is 44.8 Å². The molecular weight excluding hydrogens is 264 g/mol. The normalized spacial score (nSPS) is 15.1. The Balaban J connectivity index is 3.44. The van der Waals surface area contributed by atoms with E-state index in [9.17, 15) is 0 Å². The second-order valence-corrected chi connectivity index (χ2v) is 6.74. The fourth-order valence-electron chi connectivity index (χ4n) is 2.16. The Bertz CT molecular complexity index is 229. The summed E-state index contributed by atoms with van der Waals surface area (Å²) in [6.45, 7) is 16.1. The van der Waals surface area contributed by atoms with E-state index in [4.69, 9.17) is 14.2 Å². The Labute approximate surface area is 132 Å². The maximum atomic E-state index is 5.91. The minimum absolute atomic E-state index is 0.00640. The summed E-state index contributed by atoms with van der Waals surface area (Å²) in [6.07, 6.45) is 5.82. The molecular formula is C18H38O3. The summed E-state index contributed by atoms with van der Waals surface area (Å²) in [5, 5.41) is 0. The highest BCUT2D eigenvalue weighted by Gasteiger charge is 2.17. The minimum Gasteiger partial charge on any atom is -0.379 e. The van der Waals surface area contributed by atoms with Crippen molar-refractivity contribution in [3.05, 3.63) is 0 Å². The number of rotatable bonds is 14. The van der Waals surface area contributed by atoms with Crippen LogP contribution in [0.25, 0.3) is 0 Å². The summed E-state index contributed by atoms with van der Waals surface area (Å²) < 4.78 is 17.2. The van der Waals surface area contributed by atoms with Crippen molar-refractivity contribution in [1.82, 2.24) is 0 Å². The average Bonchev–Trinajstić information content (AvgIpc) is 2.41. The fourth-order valence-corrected chi connectivity index (χ4v) is 2.16. The van der Waals surface area contributed by atoms with E-state index in [2.05, 4.69) is 41.5 Å². The molecule has 2 atom stereocenters. The van der Waals surface area contributed by atoms with Crippen LogP contribution in [0.3, 0.4) is 0 Å². The largest absolute Gasteiger partial charge is 0.379 e. The summed E-state index contributed by atoms with van der Waals surface area (Å²) in [5.74, 6) is 0.758. The van der Waals surface area contributed by atoms with Crippen LogP contribution in [0.15, 0.2) is 0 Å². The highest BCUT2D eigenvalue weighted by atomic mass is 16.5. The maximum absolute atomic E-state index is 5.91. The molecule has 0 aliphatic rings. The number of hydrogen-bond acceptors (Lipinski definition) is 3. The van der Waals surface area contributed by atoms with Crippen LogP contribution in [0, 0.1) is 5.92 Å². The first kappa shape index (κ1) is 20.9. The van der Waals surface area contributed by atoms with Crippen molar-refractivity contribution >= 4 is 0 Å². The van der Waals surface area contributed by atoms with Crippen molar-refractivity contribution < 1.29 is 14.2 Å². The monoisotopic (exact) mass is 302 g/mol. The van der Waals surface area contributed by atoms with E-state index < -0.39 is 0 Å². The smallest absolute Gasteiger partial charge is 0.0704 e. The van der Waals surface area contributed by atoms with Crippen molar-refractivity contribution in [3.8, 4) is 0 Å². The van der Waals surface area contributed by atoms with E-state index in [1.165, 1.54) is 6.42 Å². The van der Waals surface area contributed by atoms with E-state index in [1.54, 1.807) is 0 Å². The van der Waals surface area contributed by atoms with E-state index in [0.29, 0.717) is 13.2 Å². The highest BCUT2D eigenvalue weighted by molar-refractivity contribution is 4.67. The SMILES string of the molecule is CCCC(C)(C)OCCC(C)OCCOCCC(C)CC. The van der Waals surface area contributed by atoms with Gasteiger partial charge in [-0.3, -0.25) is 0 Å². The molecule has 3 heteroatoms. The van der Waals surface area contributed by atoms with Crippen LogP contribution in [0.4, 0.5) is 0 Å². The van der Waals surface area contributed by atoms with Gasteiger partial charge < -0.3 is 14.2 Å². The van der Waals surface area contributed by atoms with Crippen LogP contribution in [-0.4, -0.2) is 38.1 Å². The van der Waals surface area contributed by atoms with Crippen LogP contribution in [-0.2, 0) is 14.2 Å². The molecule has 0 aliphatic carbocycles. The van der Waals surface area contributed by atoms with Crippen LogP contribution in [0.2, 0.25) is 0 Å². The quantitative estimate of drug-likeness (QED) is 0.430. The zero-order chi connectivity index (χ0) is 16.1. The summed E-state index contributed by atoms with van der Waals surface area (Å²) in [4.78, 5) is 0. The second-order valence-electron chi connectivity index (χ2n) is 6.74.